The molecular weight excluding hydrogens is 307 g/mol. The van der Waals surface area contributed by atoms with Crippen LogP contribution in [0.4, 0.5) is 4.39 Å². The Morgan fingerprint density at radius 2 is 2.23 bits per heavy atom. The Kier molecular flexibility index (Phi) is 4.81. The second-order valence-corrected chi connectivity index (χ2v) is 7.60. The van der Waals surface area contributed by atoms with Crippen LogP contribution in [0.2, 0.25) is 0 Å². The van der Waals surface area contributed by atoms with Crippen LogP contribution in [0.3, 0.4) is 0 Å². The maximum atomic E-state index is 13.9. The summed E-state index contributed by atoms with van der Waals surface area (Å²) < 4.78 is 36.9. The topological polar surface area (TPSA) is 78.2 Å². The summed E-state index contributed by atoms with van der Waals surface area (Å²) in [4.78, 5) is 13.8. The number of nitriles is 1. The number of hydrogen-bond acceptors (Lipinski definition) is 4. The van der Waals surface area contributed by atoms with Gasteiger partial charge in [-0.3, -0.25) is 4.79 Å². The molecule has 1 aromatic rings. The van der Waals surface area contributed by atoms with Gasteiger partial charge in [-0.05, 0) is 25.5 Å². The lowest BCUT2D eigenvalue weighted by molar-refractivity contribution is -0.135. The van der Waals surface area contributed by atoms with E-state index in [-0.39, 0.29) is 29.5 Å². The van der Waals surface area contributed by atoms with Gasteiger partial charge in [0.1, 0.15) is 5.82 Å². The summed E-state index contributed by atoms with van der Waals surface area (Å²) in [5.74, 6) is -1.42. The van der Waals surface area contributed by atoms with Gasteiger partial charge in [-0.25, -0.2) is 12.8 Å². The summed E-state index contributed by atoms with van der Waals surface area (Å²) >= 11 is 0. The minimum Gasteiger partial charge on any atom is -0.338 e. The Morgan fingerprint density at radius 3 is 2.73 bits per heavy atom. The Bertz CT molecular complexity index is 725. The average molecular weight is 324 g/mol. The second kappa shape index (κ2) is 6.44. The van der Waals surface area contributed by atoms with Crippen LogP contribution in [0.5, 0.6) is 0 Å². The number of carbonyl (C=O) groups excluding carboxylic acids is 1. The molecule has 1 saturated heterocycles. The van der Waals surface area contributed by atoms with Crippen molar-refractivity contribution < 1.29 is 17.6 Å². The fraction of sp³-hybridized carbons (Fsp3) is 0.467. The summed E-state index contributed by atoms with van der Waals surface area (Å²) in [6.07, 6.45) is 0.327. The molecule has 1 aliphatic heterocycles. The Labute approximate surface area is 129 Å². The summed E-state index contributed by atoms with van der Waals surface area (Å²) in [6.45, 7) is 2.21. The van der Waals surface area contributed by atoms with Crippen molar-refractivity contribution in [1.29, 1.82) is 5.26 Å². The Balaban J connectivity index is 2.13. The van der Waals surface area contributed by atoms with Gasteiger partial charge in [-0.1, -0.05) is 6.07 Å². The molecule has 0 aliphatic carbocycles. The Morgan fingerprint density at radius 1 is 1.50 bits per heavy atom. The van der Waals surface area contributed by atoms with E-state index in [1.165, 1.54) is 17.0 Å². The van der Waals surface area contributed by atoms with Crippen molar-refractivity contribution in [3.8, 4) is 6.07 Å². The normalized spacial score (nSPS) is 19.6. The molecule has 0 N–H and O–H groups in total. The largest absolute Gasteiger partial charge is 0.338 e. The first-order valence-corrected chi connectivity index (χ1v) is 8.86. The summed E-state index contributed by atoms with van der Waals surface area (Å²) in [7, 11) is -3.13. The van der Waals surface area contributed by atoms with Gasteiger partial charge in [0, 0.05) is 18.7 Å². The van der Waals surface area contributed by atoms with Crippen LogP contribution in [0, 0.1) is 23.1 Å². The quantitative estimate of drug-likeness (QED) is 0.840. The monoisotopic (exact) mass is 324 g/mol. The first kappa shape index (κ1) is 16.4. The highest BCUT2D eigenvalue weighted by Gasteiger charge is 2.35. The van der Waals surface area contributed by atoms with E-state index in [0.717, 1.165) is 6.07 Å². The van der Waals surface area contributed by atoms with Crippen LogP contribution < -0.4 is 0 Å². The maximum absolute atomic E-state index is 13.9. The van der Waals surface area contributed by atoms with Crippen molar-refractivity contribution in [3.05, 3.63) is 35.1 Å². The van der Waals surface area contributed by atoms with Crippen LogP contribution in [0.15, 0.2) is 18.2 Å². The predicted molar refractivity (Wildman–Crippen MR) is 79.0 cm³/mol. The summed E-state index contributed by atoms with van der Waals surface area (Å²) in [5.41, 5.74) is 0.535. The van der Waals surface area contributed by atoms with Gasteiger partial charge in [0.05, 0.1) is 29.1 Å². The average Bonchev–Trinajstić information content (AvgIpc) is 2.85. The molecule has 0 bridgehead atoms. The third-order valence-corrected chi connectivity index (χ3v) is 5.59. The van der Waals surface area contributed by atoms with Crippen LogP contribution in [-0.2, 0) is 21.2 Å². The number of carbonyl (C=O) groups is 1. The lowest BCUT2D eigenvalue weighted by atomic mass is 10.1. The predicted octanol–water partition coefficient (Wildman–Crippen LogP) is 1.48. The van der Waals surface area contributed by atoms with Gasteiger partial charge in [0.2, 0.25) is 5.91 Å². The molecule has 1 atom stereocenters. The molecule has 2 rings (SSSR count). The van der Waals surface area contributed by atoms with Crippen molar-refractivity contribution in [2.24, 2.45) is 5.92 Å². The smallest absolute Gasteiger partial charge is 0.227 e. The number of amides is 1. The number of sulfone groups is 1. The zero-order valence-corrected chi connectivity index (χ0v) is 13.1. The Hall–Kier alpha value is -1.94. The summed E-state index contributed by atoms with van der Waals surface area (Å²) in [6, 6.07) is 5.96. The van der Waals surface area contributed by atoms with Crippen LogP contribution in [-0.4, -0.2) is 37.3 Å². The van der Waals surface area contributed by atoms with Gasteiger partial charge >= 0.3 is 0 Å². The number of benzene rings is 1. The van der Waals surface area contributed by atoms with Gasteiger partial charge in [0.15, 0.2) is 9.84 Å². The molecule has 7 heteroatoms. The van der Waals surface area contributed by atoms with Gasteiger partial charge < -0.3 is 4.90 Å². The van der Waals surface area contributed by atoms with Gasteiger partial charge in [-0.15, -0.1) is 0 Å². The highest BCUT2D eigenvalue weighted by Crippen LogP contribution is 2.22. The second-order valence-electron chi connectivity index (χ2n) is 5.37. The molecule has 0 unspecified atom stereocenters. The molecule has 0 aromatic heterocycles. The molecule has 1 aliphatic rings. The lowest BCUT2D eigenvalue weighted by Crippen LogP contribution is -2.36. The fourth-order valence-electron chi connectivity index (χ4n) is 2.54. The van der Waals surface area contributed by atoms with Crippen molar-refractivity contribution in [1.82, 2.24) is 4.90 Å². The highest BCUT2D eigenvalue weighted by molar-refractivity contribution is 7.91. The molecule has 1 fully saturated rings. The first-order valence-electron chi connectivity index (χ1n) is 7.04. The SMILES string of the molecule is CCN(Cc1ccc(C#N)cc1F)C(=O)[C@@H]1CCS(=O)(=O)C1. The number of rotatable bonds is 4. The van der Waals surface area contributed by atoms with E-state index in [9.17, 15) is 17.6 Å². The highest BCUT2D eigenvalue weighted by atomic mass is 32.2. The van der Waals surface area contributed by atoms with E-state index in [1.807, 2.05) is 6.07 Å². The summed E-state index contributed by atoms with van der Waals surface area (Å²) in [5, 5.41) is 8.72. The van der Waals surface area contributed by atoms with E-state index >= 15 is 0 Å². The van der Waals surface area contributed by atoms with Crippen LogP contribution in [0.25, 0.3) is 0 Å². The van der Waals surface area contributed by atoms with Crippen molar-refractivity contribution in [2.75, 3.05) is 18.1 Å². The fourth-order valence-corrected chi connectivity index (χ4v) is 4.28. The zero-order chi connectivity index (χ0) is 16.3. The van der Waals surface area contributed by atoms with Crippen LogP contribution >= 0.6 is 0 Å². The van der Waals surface area contributed by atoms with Crippen molar-refractivity contribution in [3.63, 3.8) is 0 Å². The first-order chi connectivity index (χ1) is 10.4. The maximum Gasteiger partial charge on any atom is 0.227 e. The standard InChI is InChI=1S/C15H17FN2O3S/c1-2-18(15(19)13-5-6-22(20,21)10-13)9-12-4-3-11(8-17)7-14(12)16/h3-4,7,13H,2,5-6,9-10H2,1H3/t13-/m1/s1. The molecule has 5 nitrogen and oxygen atoms in total. The number of halogens is 1. The van der Waals surface area contributed by atoms with E-state index in [2.05, 4.69) is 0 Å². The third-order valence-electron chi connectivity index (χ3n) is 3.82. The van der Waals surface area contributed by atoms with Crippen LogP contribution in [0.1, 0.15) is 24.5 Å². The van der Waals surface area contributed by atoms with Gasteiger partial charge in [0.25, 0.3) is 0 Å². The van der Waals surface area contributed by atoms with E-state index in [1.54, 1.807) is 6.92 Å². The van der Waals surface area contributed by atoms with E-state index in [0.29, 0.717) is 18.5 Å². The van der Waals surface area contributed by atoms with Crippen molar-refractivity contribution >= 4 is 15.7 Å². The van der Waals surface area contributed by atoms with Crippen molar-refractivity contribution in [2.45, 2.75) is 19.9 Å². The molecule has 1 amide bonds. The molecule has 1 aromatic carbocycles. The number of nitrogens with zero attached hydrogens (tertiary/aromatic N) is 2. The lowest BCUT2D eigenvalue weighted by Gasteiger charge is -2.24. The molecule has 0 saturated carbocycles. The molecular formula is C15H17FN2O3S. The van der Waals surface area contributed by atoms with E-state index < -0.39 is 21.6 Å². The zero-order valence-electron chi connectivity index (χ0n) is 12.3. The minimum absolute atomic E-state index is 0.0339. The molecule has 118 valence electrons. The molecule has 0 spiro atoms. The molecule has 0 radical (unpaired) electrons. The third kappa shape index (κ3) is 3.63. The molecule has 22 heavy (non-hydrogen) atoms. The minimum atomic E-state index is -3.13. The van der Waals surface area contributed by atoms with Gasteiger partial charge in [-0.2, -0.15) is 5.26 Å². The number of hydrogen-bond donors (Lipinski definition) is 0. The van der Waals surface area contributed by atoms with E-state index in [4.69, 9.17) is 5.26 Å². The molecule has 1 heterocycles.